The second-order valence-electron chi connectivity index (χ2n) is 7.06. The number of anilines is 1. The Balaban J connectivity index is 2.04. The van der Waals surface area contributed by atoms with E-state index in [-0.39, 0.29) is 21.6 Å². The summed E-state index contributed by atoms with van der Waals surface area (Å²) in [5, 5.41) is 2.50. The van der Waals surface area contributed by atoms with Crippen LogP contribution < -0.4 is 16.6 Å². The number of benzene rings is 2. The van der Waals surface area contributed by atoms with Gasteiger partial charge >= 0.3 is 11.9 Å². The molecule has 0 aliphatic carbocycles. The summed E-state index contributed by atoms with van der Waals surface area (Å²) in [5.41, 5.74) is -2.09. The van der Waals surface area contributed by atoms with E-state index in [0.717, 1.165) is 27.3 Å². The summed E-state index contributed by atoms with van der Waals surface area (Å²) in [6.07, 6.45) is -4.09. The van der Waals surface area contributed by atoms with Crippen molar-refractivity contribution in [1.82, 2.24) is 9.13 Å². The average Bonchev–Trinajstić information content (AvgIpc) is 2.71. The monoisotopic (exact) mass is 453 g/mol. The number of para-hydroxylation sites is 1. The maximum Gasteiger partial charge on any atom is 0.416 e. The molecule has 1 amide bonds. The van der Waals surface area contributed by atoms with E-state index in [2.05, 4.69) is 5.32 Å². The van der Waals surface area contributed by atoms with E-state index in [0.29, 0.717) is 6.42 Å². The van der Waals surface area contributed by atoms with Crippen molar-refractivity contribution in [2.75, 3.05) is 5.32 Å². The molecule has 2 aromatic carbocycles. The van der Waals surface area contributed by atoms with Gasteiger partial charge in [-0.1, -0.05) is 30.7 Å². The molecule has 3 rings (SSSR count). The Morgan fingerprint density at radius 1 is 1.16 bits per heavy atom. The molecule has 0 saturated carbocycles. The summed E-state index contributed by atoms with van der Waals surface area (Å²) in [6.45, 7) is 3.02. The number of rotatable bonds is 5. The number of hydrogen-bond acceptors (Lipinski definition) is 3. The van der Waals surface area contributed by atoms with Gasteiger partial charge in [-0.2, -0.15) is 13.2 Å². The number of aromatic nitrogens is 2. The number of carbonyl (C=O) groups excluding carboxylic acids is 1. The van der Waals surface area contributed by atoms with Crippen molar-refractivity contribution in [1.29, 1.82) is 0 Å². The van der Waals surface area contributed by atoms with Crippen molar-refractivity contribution in [3.8, 4) is 0 Å². The maximum absolute atomic E-state index is 13.0. The molecule has 0 fully saturated rings. The van der Waals surface area contributed by atoms with Gasteiger partial charge in [-0.3, -0.25) is 18.7 Å². The van der Waals surface area contributed by atoms with Crippen molar-refractivity contribution in [2.24, 2.45) is 0 Å². The summed E-state index contributed by atoms with van der Waals surface area (Å²) >= 11 is 5.93. The Morgan fingerprint density at radius 2 is 1.84 bits per heavy atom. The highest BCUT2D eigenvalue weighted by Gasteiger charge is 2.31. The van der Waals surface area contributed by atoms with Crippen LogP contribution in [-0.4, -0.2) is 15.0 Å². The van der Waals surface area contributed by atoms with Gasteiger partial charge in [0, 0.05) is 6.04 Å². The van der Waals surface area contributed by atoms with Crippen LogP contribution in [0.15, 0.2) is 52.1 Å². The van der Waals surface area contributed by atoms with Gasteiger partial charge in [-0.05, 0) is 43.7 Å². The van der Waals surface area contributed by atoms with Crippen molar-refractivity contribution < 1.29 is 18.0 Å². The van der Waals surface area contributed by atoms with Gasteiger partial charge in [0.25, 0.3) is 5.56 Å². The highest BCUT2D eigenvalue weighted by molar-refractivity contribution is 6.33. The number of carbonyl (C=O) groups is 1. The molecule has 1 heterocycles. The SMILES string of the molecule is CCC(C)n1c(=O)c2ccccc2n(CC(=O)Nc2cc(C(F)(F)F)ccc2Cl)c1=O. The molecule has 0 aliphatic rings. The predicted molar refractivity (Wildman–Crippen MR) is 113 cm³/mol. The second kappa shape index (κ2) is 8.58. The number of fused-ring (bicyclic) bond motifs is 1. The van der Waals surface area contributed by atoms with Crippen LogP contribution in [-0.2, 0) is 17.5 Å². The first kappa shape index (κ1) is 22.6. The molecule has 0 radical (unpaired) electrons. The minimum Gasteiger partial charge on any atom is -0.323 e. The van der Waals surface area contributed by atoms with E-state index in [4.69, 9.17) is 11.6 Å². The number of alkyl halides is 3. The van der Waals surface area contributed by atoms with Gasteiger partial charge in [0.2, 0.25) is 5.91 Å². The van der Waals surface area contributed by atoms with Crippen LogP contribution >= 0.6 is 11.6 Å². The van der Waals surface area contributed by atoms with Gasteiger partial charge in [-0.25, -0.2) is 4.79 Å². The van der Waals surface area contributed by atoms with Gasteiger partial charge in [0.15, 0.2) is 0 Å². The van der Waals surface area contributed by atoms with Crippen molar-refractivity contribution >= 4 is 34.1 Å². The summed E-state index contributed by atoms with van der Waals surface area (Å²) < 4.78 is 41.1. The predicted octanol–water partition coefficient (Wildman–Crippen LogP) is 4.45. The Labute approximate surface area is 179 Å². The largest absolute Gasteiger partial charge is 0.416 e. The molecule has 0 spiro atoms. The van der Waals surface area contributed by atoms with E-state index >= 15 is 0 Å². The summed E-state index contributed by atoms with van der Waals surface area (Å²) in [6, 6.07) is 8.49. The molecule has 0 bridgehead atoms. The fourth-order valence-electron chi connectivity index (χ4n) is 3.19. The van der Waals surface area contributed by atoms with Crippen LogP contribution in [0, 0.1) is 0 Å². The zero-order chi connectivity index (χ0) is 22.9. The van der Waals surface area contributed by atoms with Gasteiger partial charge in [0.05, 0.1) is 27.2 Å². The quantitative estimate of drug-likeness (QED) is 0.620. The number of nitrogens with one attached hydrogen (secondary N) is 1. The Hall–Kier alpha value is -3.07. The third-order valence-electron chi connectivity index (χ3n) is 4.98. The van der Waals surface area contributed by atoms with Crippen molar-refractivity contribution in [2.45, 2.75) is 39.0 Å². The highest BCUT2D eigenvalue weighted by Crippen LogP contribution is 2.33. The van der Waals surface area contributed by atoms with Gasteiger partial charge in [-0.15, -0.1) is 0 Å². The van der Waals surface area contributed by atoms with Crippen LogP contribution in [0.5, 0.6) is 0 Å². The lowest BCUT2D eigenvalue weighted by atomic mass is 10.2. The molecule has 1 aromatic heterocycles. The highest BCUT2D eigenvalue weighted by atomic mass is 35.5. The topological polar surface area (TPSA) is 73.1 Å². The smallest absolute Gasteiger partial charge is 0.323 e. The van der Waals surface area contributed by atoms with Crippen LogP contribution in [0.4, 0.5) is 18.9 Å². The zero-order valence-corrected chi connectivity index (χ0v) is 17.4. The van der Waals surface area contributed by atoms with Crippen LogP contribution in [0.3, 0.4) is 0 Å². The van der Waals surface area contributed by atoms with E-state index < -0.39 is 41.5 Å². The van der Waals surface area contributed by atoms with E-state index in [9.17, 15) is 27.6 Å². The van der Waals surface area contributed by atoms with Gasteiger partial charge < -0.3 is 5.32 Å². The van der Waals surface area contributed by atoms with E-state index in [1.165, 1.54) is 6.07 Å². The van der Waals surface area contributed by atoms with Crippen LogP contribution in [0.1, 0.15) is 31.9 Å². The summed E-state index contributed by atoms with van der Waals surface area (Å²) in [5.74, 6) is -0.761. The van der Waals surface area contributed by atoms with Crippen molar-refractivity contribution in [3.05, 3.63) is 73.9 Å². The van der Waals surface area contributed by atoms with Crippen molar-refractivity contribution in [3.63, 3.8) is 0 Å². The second-order valence-corrected chi connectivity index (χ2v) is 7.47. The molecule has 1 unspecified atom stereocenters. The molecule has 10 heteroatoms. The Morgan fingerprint density at radius 3 is 2.48 bits per heavy atom. The lowest BCUT2D eigenvalue weighted by Crippen LogP contribution is -2.43. The average molecular weight is 454 g/mol. The standard InChI is InChI=1S/C21H19ClF3N3O3/c1-3-12(2)28-19(30)14-6-4-5-7-17(14)27(20(28)31)11-18(29)26-16-10-13(21(23,24)25)8-9-15(16)22/h4-10,12H,3,11H2,1-2H3,(H,26,29). The molecule has 1 N–H and O–H groups in total. The first-order valence-electron chi connectivity index (χ1n) is 9.45. The third-order valence-corrected chi connectivity index (χ3v) is 5.31. The lowest BCUT2D eigenvalue weighted by molar-refractivity contribution is -0.137. The molecule has 1 atom stereocenters. The fraction of sp³-hybridized carbons (Fsp3) is 0.286. The number of hydrogen-bond donors (Lipinski definition) is 1. The molecule has 0 saturated heterocycles. The lowest BCUT2D eigenvalue weighted by Gasteiger charge is -2.18. The molecule has 3 aromatic rings. The van der Waals surface area contributed by atoms with E-state index in [1.807, 2.05) is 6.92 Å². The van der Waals surface area contributed by atoms with Crippen LogP contribution in [0.25, 0.3) is 10.9 Å². The number of nitrogens with zero attached hydrogens (tertiary/aromatic N) is 2. The Kier molecular flexibility index (Phi) is 6.26. The molecule has 6 nitrogen and oxygen atoms in total. The maximum atomic E-state index is 13.0. The van der Waals surface area contributed by atoms with E-state index in [1.54, 1.807) is 25.1 Å². The van der Waals surface area contributed by atoms with Gasteiger partial charge in [0.1, 0.15) is 6.54 Å². The first-order chi connectivity index (χ1) is 14.5. The Bertz CT molecular complexity index is 1260. The molecule has 31 heavy (non-hydrogen) atoms. The fourth-order valence-corrected chi connectivity index (χ4v) is 3.36. The number of amides is 1. The third kappa shape index (κ3) is 4.51. The first-order valence-corrected chi connectivity index (χ1v) is 9.83. The molecular weight excluding hydrogens is 435 g/mol. The summed E-state index contributed by atoms with van der Waals surface area (Å²) in [4.78, 5) is 38.4. The minimum absolute atomic E-state index is 0.0804. The minimum atomic E-state index is -4.61. The normalized spacial score (nSPS) is 12.7. The summed E-state index contributed by atoms with van der Waals surface area (Å²) in [7, 11) is 0. The van der Waals surface area contributed by atoms with Crippen LogP contribution in [0.2, 0.25) is 5.02 Å². The molecule has 164 valence electrons. The zero-order valence-electron chi connectivity index (χ0n) is 16.7. The number of halogens is 4. The molecule has 0 aliphatic heterocycles. The molecular formula is C21H19ClF3N3O3.